The molecule has 0 amide bonds. The number of benzene rings is 2. The highest BCUT2D eigenvalue weighted by Crippen LogP contribution is 2.39. The van der Waals surface area contributed by atoms with Crippen LogP contribution in [0.15, 0.2) is 36.1 Å². The van der Waals surface area contributed by atoms with Crippen molar-refractivity contribution < 1.29 is 23.5 Å². The van der Waals surface area contributed by atoms with Crippen LogP contribution in [0.1, 0.15) is 28.4 Å². The van der Waals surface area contributed by atoms with Crippen molar-refractivity contribution in [2.45, 2.75) is 13.8 Å². The Morgan fingerprint density at radius 3 is 2.76 bits per heavy atom. The van der Waals surface area contributed by atoms with Crippen molar-refractivity contribution in [1.29, 1.82) is 0 Å². The van der Waals surface area contributed by atoms with E-state index in [9.17, 15) is 14.0 Å². The van der Waals surface area contributed by atoms with E-state index in [0.717, 1.165) is 0 Å². The van der Waals surface area contributed by atoms with Crippen molar-refractivity contribution in [3.8, 4) is 11.5 Å². The Hall–Kier alpha value is -2.66. The number of hydrogen-bond donors (Lipinski definition) is 0. The lowest BCUT2D eigenvalue weighted by molar-refractivity contribution is -0.118. The van der Waals surface area contributed by atoms with Gasteiger partial charge in [0.05, 0.1) is 10.6 Å². The molecule has 0 spiro atoms. The summed E-state index contributed by atoms with van der Waals surface area (Å²) >= 11 is 5.99. The molecule has 1 aliphatic heterocycles. The van der Waals surface area contributed by atoms with Crippen LogP contribution in [0.25, 0.3) is 6.08 Å². The number of rotatable bonds is 4. The smallest absolute Gasteiger partial charge is 0.231 e. The fourth-order valence-electron chi connectivity index (χ4n) is 2.48. The summed E-state index contributed by atoms with van der Waals surface area (Å²) in [6.45, 7) is 3.07. The van der Waals surface area contributed by atoms with Crippen molar-refractivity contribution in [3.05, 3.63) is 63.6 Å². The summed E-state index contributed by atoms with van der Waals surface area (Å²) in [6, 6.07) is 7.43. The lowest BCUT2D eigenvalue weighted by atomic mass is 10.1. The van der Waals surface area contributed by atoms with Gasteiger partial charge in [0.15, 0.2) is 11.5 Å². The maximum atomic E-state index is 13.9. The van der Waals surface area contributed by atoms with E-state index < -0.39 is 5.82 Å². The minimum atomic E-state index is -0.547. The van der Waals surface area contributed by atoms with Crippen molar-refractivity contribution in [2.75, 3.05) is 6.61 Å². The van der Waals surface area contributed by atoms with Crippen LogP contribution in [0.4, 0.5) is 4.39 Å². The Morgan fingerprint density at radius 2 is 2.08 bits per heavy atom. The van der Waals surface area contributed by atoms with E-state index in [1.165, 1.54) is 31.2 Å². The molecule has 2 aromatic rings. The zero-order valence-electron chi connectivity index (χ0n) is 13.6. The van der Waals surface area contributed by atoms with E-state index >= 15 is 0 Å². The second-order valence-corrected chi connectivity index (χ2v) is 6.04. The molecule has 25 heavy (non-hydrogen) atoms. The van der Waals surface area contributed by atoms with E-state index in [1.807, 2.05) is 0 Å². The summed E-state index contributed by atoms with van der Waals surface area (Å²) < 4.78 is 25.0. The Kier molecular flexibility index (Phi) is 4.59. The molecule has 6 heteroatoms. The molecule has 0 fully saturated rings. The van der Waals surface area contributed by atoms with Gasteiger partial charge in [0.1, 0.15) is 23.9 Å². The van der Waals surface area contributed by atoms with Crippen molar-refractivity contribution in [2.24, 2.45) is 0 Å². The topological polar surface area (TPSA) is 52.6 Å². The summed E-state index contributed by atoms with van der Waals surface area (Å²) in [5.41, 5.74) is 1.03. The van der Waals surface area contributed by atoms with Crippen LogP contribution in [0.5, 0.6) is 11.5 Å². The predicted molar refractivity (Wildman–Crippen MR) is 91.7 cm³/mol. The van der Waals surface area contributed by atoms with Crippen LogP contribution in [-0.4, -0.2) is 18.2 Å². The molecular formula is C19H14ClFO4. The Morgan fingerprint density at radius 1 is 1.32 bits per heavy atom. The molecule has 0 saturated carbocycles. The van der Waals surface area contributed by atoms with E-state index in [-0.39, 0.29) is 34.5 Å². The van der Waals surface area contributed by atoms with Gasteiger partial charge in [-0.05, 0) is 44.2 Å². The van der Waals surface area contributed by atoms with Gasteiger partial charge in [0.25, 0.3) is 0 Å². The van der Waals surface area contributed by atoms with Crippen LogP contribution in [0, 0.1) is 12.7 Å². The largest absolute Gasteiger partial charge is 0.485 e. The van der Waals surface area contributed by atoms with E-state index in [4.69, 9.17) is 21.1 Å². The molecule has 3 rings (SSSR count). The molecule has 0 atom stereocenters. The second-order valence-electron chi connectivity index (χ2n) is 5.63. The molecule has 0 N–H and O–H groups in total. The highest BCUT2D eigenvalue weighted by molar-refractivity contribution is 6.32. The van der Waals surface area contributed by atoms with Crippen molar-refractivity contribution >= 4 is 29.2 Å². The van der Waals surface area contributed by atoms with Crippen LogP contribution in [0.2, 0.25) is 5.02 Å². The van der Waals surface area contributed by atoms with Gasteiger partial charge in [-0.25, -0.2) is 4.39 Å². The molecule has 128 valence electrons. The summed E-state index contributed by atoms with van der Waals surface area (Å²) in [7, 11) is 0. The van der Waals surface area contributed by atoms with E-state index in [2.05, 4.69) is 0 Å². The third-order valence-corrected chi connectivity index (χ3v) is 4.07. The lowest BCUT2D eigenvalue weighted by Gasteiger charge is -2.10. The first-order chi connectivity index (χ1) is 11.9. The highest BCUT2D eigenvalue weighted by atomic mass is 35.5. The number of Topliss-reactive ketones (excluding diaryl/α,β-unsaturated/α-hetero) is 2. The Bertz CT molecular complexity index is 898. The molecule has 0 radical (unpaired) electrons. The van der Waals surface area contributed by atoms with Crippen LogP contribution in [-0.2, 0) is 4.79 Å². The SMILES string of the molecule is CC(=O)COc1ccc2c(c1C)O/C(=C\c1c(F)cccc1Cl)C2=O. The number of hydrogen-bond acceptors (Lipinski definition) is 4. The number of allylic oxidation sites excluding steroid dienone is 1. The van der Waals surface area contributed by atoms with Gasteiger partial charge < -0.3 is 9.47 Å². The number of halogens is 2. The van der Waals surface area contributed by atoms with Crippen molar-refractivity contribution in [1.82, 2.24) is 0 Å². The molecule has 0 aromatic heterocycles. The highest BCUT2D eigenvalue weighted by Gasteiger charge is 2.30. The third-order valence-electron chi connectivity index (χ3n) is 3.74. The van der Waals surface area contributed by atoms with Gasteiger partial charge in [-0.3, -0.25) is 9.59 Å². The second kappa shape index (κ2) is 6.69. The maximum absolute atomic E-state index is 13.9. The monoisotopic (exact) mass is 360 g/mol. The molecule has 2 aromatic carbocycles. The van der Waals surface area contributed by atoms with Crippen LogP contribution >= 0.6 is 11.6 Å². The average molecular weight is 361 g/mol. The number of carbonyl (C=O) groups is 2. The Balaban J connectivity index is 1.97. The number of ether oxygens (including phenoxy) is 2. The molecule has 0 bridgehead atoms. The molecule has 0 saturated heterocycles. The first-order valence-corrected chi connectivity index (χ1v) is 7.90. The number of fused-ring (bicyclic) bond motifs is 1. The third kappa shape index (κ3) is 3.28. The summed E-state index contributed by atoms with van der Waals surface area (Å²) in [5, 5.41) is 0.182. The van der Waals surface area contributed by atoms with Crippen molar-refractivity contribution in [3.63, 3.8) is 0 Å². The maximum Gasteiger partial charge on any atom is 0.231 e. The first-order valence-electron chi connectivity index (χ1n) is 7.52. The number of carbonyl (C=O) groups excluding carboxylic acids is 2. The Labute approximate surface area is 148 Å². The van der Waals surface area contributed by atoms with E-state index in [0.29, 0.717) is 22.6 Å². The number of ketones is 2. The van der Waals surface area contributed by atoms with Gasteiger partial charge in [-0.2, -0.15) is 0 Å². The van der Waals surface area contributed by atoms with Gasteiger partial charge in [-0.1, -0.05) is 17.7 Å². The summed E-state index contributed by atoms with van der Waals surface area (Å²) in [5.74, 6) is -0.262. The standard InChI is InChI=1S/C19H14ClFO4/c1-10(22)9-24-16-7-6-12-18(23)17(25-19(12)11(16)2)8-13-14(20)4-3-5-15(13)21/h3-8H,9H2,1-2H3/b17-8-. The molecule has 0 unspecified atom stereocenters. The molecule has 1 heterocycles. The first kappa shape index (κ1) is 17.2. The molecule has 1 aliphatic rings. The fourth-order valence-corrected chi connectivity index (χ4v) is 2.70. The molecular weight excluding hydrogens is 347 g/mol. The fraction of sp³-hybridized carbons (Fsp3) is 0.158. The minimum absolute atomic E-state index is 0.0196. The van der Waals surface area contributed by atoms with Gasteiger partial charge in [0, 0.05) is 11.1 Å². The predicted octanol–water partition coefficient (Wildman–Crippen LogP) is 4.37. The molecule has 4 nitrogen and oxygen atoms in total. The van der Waals surface area contributed by atoms with E-state index in [1.54, 1.807) is 19.1 Å². The summed E-state index contributed by atoms with van der Waals surface area (Å²) in [4.78, 5) is 23.6. The lowest BCUT2D eigenvalue weighted by Crippen LogP contribution is -2.07. The van der Waals surface area contributed by atoms with Crippen LogP contribution in [0.3, 0.4) is 0 Å². The van der Waals surface area contributed by atoms with Gasteiger partial charge in [0.2, 0.25) is 5.78 Å². The minimum Gasteiger partial charge on any atom is -0.485 e. The normalized spacial score (nSPS) is 14.4. The zero-order valence-corrected chi connectivity index (χ0v) is 14.3. The molecule has 0 aliphatic carbocycles. The van der Waals surface area contributed by atoms with Gasteiger partial charge in [-0.15, -0.1) is 0 Å². The van der Waals surface area contributed by atoms with Crippen LogP contribution < -0.4 is 9.47 Å². The summed E-state index contributed by atoms with van der Waals surface area (Å²) in [6.07, 6.45) is 1.29. The van der Waals surface area contributed by atoms with Gasteiger partial charge >= 0.3 is 0 Å². The average Bonchev–Trinajstić information content (AvgIpc) is 2.87. The quantitative estimate of drug-likeness (QED) is 0.760. The zero-order chi connectivity index (χ0) is 18.1.